The van der Waals surface area contributed by atoms with Crippen LogP contribution in [0, 0.1) is 0 Å². The summed E-state index contributed by atoms with van der Waals surface area (Å²) in [7, 11) is 0. The van der Waals surface area contributed by atoms with Crippen molar-refractivity contribution in [3.05, 3.63) is 0 Å². The first-order chi connectivity index (χ1) is 7.93. The van der Waals surface area contributed by atoms with E-state index < -0.39 is 0 Å². The highest BCUT2D eigenvalue weighted by atomic mass is 15.0. The Morgan fingerprint density at radius 2 is 0.812 bits per heavy atom. The van der Waals surface area contributed by atoms with Crippen molar-refractivity contribution in [2.24, 2.45) is 0 Å². The molecular formula is C14H24N2+2. The highest BCUT2D eigenvalue weighted by molar-refractivity contribution is 5.94. The fraction of sp³-hybridized carbons (Fsp3) is 0.857. The number of hydrogen-bond donors (Lipinski definition) is 0. The molecule has 3 fully saturated rings. The highest BCUT2D eigenvalue weighted by Gasteiger charge is 2.28. The summed E-state index contributed by atoms with van der Waals surface area (Å²) in [4.78, 5) is 0. The van der Waals surface area contributed by atoms with Crippen molar-refractivity contribution >= 4 is 11.4 Å². The van der Waals surface area contributed by atoms with E-state index in [1.807, 2.05) is 0 Å². The van der Waals surface area contributed by atoms with E-state index in [4.69, 9.17) is 0 Å². The molecule has 0 aromatic carbocycles. The minimum absolute atomic E-state index is 1.34. The molecule has 0 atom stereocenters. The predicted molar refractivity (Wildman–Crippen MR) is 66.9 cm³/mol. The second-order valence-corrected chi connectivity index (χ2v) is 5.52. The molecule has 0 radical (unpaired) electrons. The van der Waals surface area contributed by atoms with Gasteiger partial charge in [0.1, 0.15) is 26.2 Å². The van der Waals surface area contributed by atoms with Crippen LogP contribution in [0.2, 0.25) is 0 Å². The minimum Gasteiger partial charge on any atom is -0.237 e. The van der Waals surface area contributed by atoms with Crippen LogP contribution < -0.4 is 0 Å². The van der Waals surface area contributed by atoms with Gasteiger partial charge in [0.25, 0.3) is 0 Å². The highest BCUT2D eigenvalue weighted by Crippen LogP contribution is 2.17. The van der Waals surface area contributed by atoms with Crippen LogP contribution in [0.1, 0.15) is 51.4 Å². The van der Waals surface area contributed by atoms with Gasteiger partial charge in [-0.1, -0.05) is 0 Å². The third-order valence-electron chi connectivity index (χ3n) is 4.51. The van der Waals surface area contributed by atoms with Crippen molar-refractivity contribution in [3.8, 4) is 0 Å². The van der Waals surface area contributed by atoms with Gasteiger partial charge >= 0.3 is 0 Å². The summed E-state index contributed by atoms with van der Waals surface area (Å²) < 4.78 is 5.33. The summed E-state index contributed by atoms with van der Waals surface area (Å²) >= 11 is 0. The molecule has 0 N–H and O–H groups in total. The van der Waals surface area contributed by atoms with Crippen molar-refractivity contribution in [2.45, 2.75) is 51.4 Å². The van der Waals surface area contributed by atoms with Crippen LogP contribution in [0.3, 0.4) is 0 Å². The van der Waals surface area contributed by atoms with Crippen LogP contribution in [-0.4, -0.2) is 46.8 Å². The molecule has 0 unspecified atom stereocenters. The van der Waals surface area contributed by atoms with Crippen LogP contribution in [0.15, 0.2) is 0 Å². The van der Waals surface area contributed by atoms with Crippen molar-refractivity contribution in [2.75, 3.05) is 26.2 Å². The van der Waals surface area contributed by atoms with Gasteiger partial charge in [0, 0.05) is 51.4 Å². The lowest BCUT2D eigenvalue weighted by Crippen LogP contribution is -2.28. The summed E-state index contributed by atoms with van der Waals surface area (Å²) in [5.74, 6) is 0. The zero-order valence-corrected chi connectivity index (χ0v) is 10.4. The maximum Gasteiger partial charge on any atom is 0.153 e. The number of rotatable bonds is 0. The van der Waals surface area contributed by atoms with Crippen LogP contribution >= 0.6 is 0 Å². The molecule has 0 aromatic rings. The lowest BCUT2D eigenvalue weighted by Gasteiger charge is -2.13. The summed E-state index contributed by atoms with van der Waals surface area (Å²) in [6.07, 6.45) is 11.1. The Hall–Kier alpha value is -0.660. The average molecular weight is 220 g/mol. The maximum atomic E-state index is 2.67. The Balaban J connectivity index is 1.67. The van der Waals surface area contributed by atoms with Gasteiger partial charge in [-0.05, 0) is 0 Å². The van der Waals surface area contributed by atoms with E-state index >= 15 is 0 Å². The van der Waals surface area contributed by atoms with Crippen molar-refractivity contribution < 1.29 is 9.15 Å². The monoisotopic (exact) mass is 220 g/mol. The molecule has 2 heteroatoms. The lowest BCUT2D eigenvalue weighted by atomic mass is 9.95. The molecule has 3 rings (SSSR count). The molecule has 0 bridgehead atoms. The van der Waals surface area contributed by atoms with Gasteiger partial charge in [0.05, 0.1) is 0 Å². The lowest BCUT2D eigenvalue weighted by molar-refractivity contribution is -0.513. The van der Waals surface area contributed by atoms with E-state index in [9.17, 15) is 0 Å². The maximum absolute atomic E-state index is 2.67. The summed E-state index contributed by atoms with van der Waals surface area (Å²) in [6.45, 7) is 5.37. The van der Waals surface area contributed by atoms with E-state index in [2.05, 4.69) is 9.15 Å². The predicted octanol–water partition coefficient (Wildman–Crippen LogP) is 2.05. The molecular weight excluding hydrogens is 196 g/mol. The molecule has 2 nitrogen and oxygen atoms in total. The first-order valence-corrected chi connectivity index (χ1v) is 7.13. The summed E-state index contributed by atoms with van der Waals surface area (Å²) in [6, 6.07) is 0. The smallest absolute Gasteiger partial charge is 0.153 e. The number of nitrogens with zero attached hydrogens (tertiary/aromatic N) is 2. The molecule has 0 aromatic heterocycles. The standard InChI is InChI=1S/C14H24N2/c1-2-10-15(9-1)13-5-7-14(8-6-13)16-11-3-4-12-16/h1-12H2/q+2. The summed E-state index contributed by atoms with van der Waals surface area (Å²) in [5.41, 5.74) is 3.53. The molecule has 2 heterocycles. The van der Waals surface area contributed by atoms with Crippen LogP contribution in [0.25, 0.3) is 0 Å². The van der Waals surface area contributed by atoms with Gasteiger partial charge in [-0.15, -0.1) is 0 Å². The zero-order valence-electron chi connectivity index (χ0n) is 10.4. The molecule has 0 spiro atoms. The van der Waals surface area contributed by atoms with E-state index in [-0.39, 0.29) is 0 Å². The minimum atomic E-state index is 1.34. The molecule has 2 aliphatic heterocycles. The SMILES string of the molecule is C1CC[N+](=C2CCC(=[N+]3CCCC3)CC2)C1. The first-order valence-electron chi connectivity index (χ1n) is 7.13. The first kappa shape index (κ1) is 10.5. The van der Waals surface area contributed by atoms with Gasteiger partial charge in [0.2, 0.25) is 0 Å². The molecule has 1 saturated carbocycles. The average Bonchev–Trinajstić information content (AvgIpc) is 3.03. The third-order valence-corrected chi connectivity index (χ3v) is 4.51. The molecule has 3 aliphatic rings. The van der Waals surface area contributed by atoms with Gasteiger partial charge in [-0.3, -0.25) is 0 Å². The van der Waals surface area contributed by atoms with Gasteiger partial charge in [-0.2, -0.15) is 0 Å². The van der Waals surface area contributed by atoms with E-state index in [1.54, 1.807) is 11.4 Å². The summed E-state index contributed by atoms with van der Waals surface area (Å²) in [5, 5.41) is 0. The van der Waals surface area contributed by atoms with Crippen molar-refractivity contribution in [3.63, 3.8) is 0 Å². The molecule has 16 heavy (non-hydrogen) atoms. The van der Waals surface area contributed by atoms with Crippen molar-refractivity contribution in [1.82, 2.24) is 0 Å². The van der Waals surface area contributed by atoms with E-state index in [0.29, 0.717) is 0 Å². The van der Waals surface area contributed by atoms with E-state index in [0.717, 1.165) is 0 Å². The molecule has 88 valence electrons. The number of hydrogen-bond acceptors (Lipinski definition) is 0. The van der Waals surface area contributed by atoms with Gasteiger partial charge in [0.15, 0.2) is 11.4 Å². The van der Waals surface area contributed by atoms with Crippen LogP contribution in [0.4, 0.5) is 0 Å². The molecule has 2 saturated heterocycles. The van der Waals surface area contributed by atoms with Crippen LogP contribution in [0.5, 0.6) is 0 Å². The Morgan fingerprint density at radius 3 is 1.12 bits per heavy atom. The Kier molecular flexibility index (Phi) is 3.07. The molecule has 1 aliphatic carbocycles. The topological polar surface area (TPSA) is 6.02 Å². The van der Waals surface area contributed by atoms with Crippen molar-refractivity contribution in [1.29, 1.82) is 0 Å². The quantitative estimate of drug-likeness (QED) is 0.551. The third kappa shape index (κ3) is 2.07. The second-order valence-electron chi connectivity index (χ2n) is 5.52. The fourth-order valence-corrected chi connectivity index (χ4v) is 3.53. The Labute approximate surface area is 98.7 Å². The molecule has 0 amide bonds. The van der Waals surface area contributed by atoms with E-state index in [1.165, 1.54) is 77.5 Å². The zero-order chi connectivity index (χ0) is 10.8. The second kappa shape index (κ2) is 4.68. The normalized spacial score (nSPS) is 27.0. The largest absolute Gasteiger partial charge is 0.237 e. The Bertz CT molecular complexity index is 277. The fourth-order valence-electron chi connectivity index (χ4n) is 3.53. The Morgan fingerprint density at radius 1 is 0.500 bits per heavy atom. The van der Waals surface area contributed by atoms with Crippen LogP contribution in [-0.2, 0) is 0 Å². The van der Waals surface area contributed by atoms with Gasteiger partial charge in [-0.25, -0.2) is 9.15 Å². The van der Waals surface area contributed by atoms with Gasteiger partial charge < -0.3 is 0 Å².